The van der Waals surface area contributed by atoms with Crippen LogP contribution in [-0.4, -0.2) is 9.78 Å². The van der Waals surface area contributed by atoms with Gasteiger partial charge in [-0.25, -0.2) is 8.78 Å². The number of nitrogens with zero attached hydrogens (tertiary/aromatic N) is 2. The molecule has 0 spiro atoms. The van der Waals surface area contributed by atoms with Crippen LogP contribution in [0.4, 0.5) is 14.5 Å². The summed E-state index contributed by atoms with van der Waals surface area (Å²) in [6.45, 7) is 8.54. The lowest BCUT2D eigenvalue weighted by molar-refractivity contribution is 0.584. The van der Waals surface area contributed by atoms with Gasteiger partial charge in [-0.1, -0.05) is 6.07 Å². The smallest absolute Gasteiger partial charge is 0.149 e. The molecule has 1 N–H and O–H groups in total. The number of nitrogens with one attached hydrogen (secondary N) is 1. The third-order valence-corrected chi connectivity index (χ3v) is 3.49. The molecule has 1 atom stereocenters. The molecule has 3 nitrogen and oxygen atoms in total. The number of aromatic nitrogens is 2. The average molecular weight is 279 g/mol. The molecule has 0 radical (unpaired) electrons. The number of hydrogen-bond donors (Lipinski definition) is 1. The van der Waals surface area contributed by atoms with Gasteiger partial charge in [0.15, 0.2) is 0 Å². The Hall–Kier alpha value is -1.91. The van der Waals surface area contributed by atoms with E-state index in [4.69, 9.17) is 0 Å². The minimum absolute atomic E-state index is 0.0944. The van der Waals surface area contributed by atoms with Gasteiger partial charge in [-0.3, -0.25) is 4.68 Å². The highest BCUT2D eigenvalue weighted by Crippen LogP contribution is 2.27. The molecule has 1 unspecified atom stereocenters. The number of halogens is 2. The van der Waals surface area contributed by atoms with Gasteiger partial charge >= 0.3 is 0 Å². The number of rotatable bonds is 4. The Balaban J connectivity index is 2.33. The van der Waals surface area contributed by atoms with E-state index in [9.17, 15) is 8.78 Å². The quantitative estimate of drug-likeness (QED) is 0.917. The SMILES string of the molecule is CCn1nc(C)c(C(C)Nc2c(F)cccc2F)c1C. The van der Waals surface area contributed by atoms with Crippen molar-refractivity contribution < 1.29 is 8.78 Å². The van der Waals surface area contributed by atoms with Crippen LogP contribution in [0.25, 0.3) is 0 Å². The van der Waals surface area contributed by atoms with E-state index in [0.29, 0.717) is 0 Å². The van der Waals surface area contributed by atoms with Crippen molar-refractivity contribution in [2.45, 2.75) is 40.3 Å². The van der Waals surface area contributed by atoms with E-state index in [1.807, 2.05) is 32.4 Å². The first-order chi connectivity index (χ1) is 9.45. The zero-order valence-electron chi connectivity index (χ0n) is 12.2. The first-order valence-electron chi connectivity index (χ1n) is 6.70. The highest BCUT2D eigenvalue weighted by molar-refractivity contribution is 5.49. The van der Waals surface area contributed by atoms with Gasteiger partial charge in [-0.2, -0.15) is 5.10 Å². The molecule has 0 saturated heterocycles. The molecule has 2 aromatic rings. The summed E-state index contributed by atoms with van der Waals surface area (Å²) in [5.74, 6) is -1.18. The van der Waals surface area contributed by atoms with Gasteiger partial charge in [0, 0.05) is 17.8 Å². The third-order valence-electron chi connectivity index (χ3n) is 3.49. The first-order valence-corrected chi connectivity index (χ1v) is 6.70. The first kappa shape index (κ1) is 14.5. The number of aryl methyl sites for hydroxylation is 2. The molecule has 0 bridgehead atoms. The normalized spacial score (nSPS) is 12.5. The molecule has 0 fully saturated rings. The van der Waals surface area contributed by atoms with Gasteiger partial charge < -0.3 is 5.32 Å². The molecule has 1 aromatic carbocycles. The summed E-state index contributed by atoms with van der Waals surface area (Å²) in [4.78, 5) is 0. The summed E-state index contributed by atoms with van der Waals surface area (Å²) in [5.41, 5.74) is 2.78. The second-order valence-corrected chi connectivity index (χ2v) is 4.86. The van der Waals surface area contributed by atoms with Crippen LogP contribution >= 0.6 is 0 Å². The van der Waals surface area contributed by atoms with Crippen molar-refractivity contribution >= 4 is 5.69 Å². The van der Waals surface area contributed by atoms with E-state index in [-0.39, 0.29) is 11.7 Å². The van der Waals surface area contributed by atoms with E-state index >= 15 is 0 Å². The zero-order chi connectivity index (χ0) is 14.9. The summed E-state index contributed by atoms with van der Waals surface area (Å²) in [6, 6.07) is 3.62. The minimum atomic E-state index is -0.588. The largest absolute Gasteiger partial charge is 0.374 e. The highest BCUT2D eigenvalue weighted by Gasteiger charge is 2.19. The van der Waals surface area contributed by atoms with E-state index in [2.05, 4.69) is 10.4 Å². The number of para-hydroxylation sites is 1. The van der Waals surface area contributed by atoms with Crippen LogP contribution in [0.15, 0.2) is 18.2 Å². The van der Waals surface area contributed by atoms with E-state index < -0.39 is 11.6 Å². The maximum absolute atomic E-state index is 13.7. The molecule has 0 aliphatic rings. The molecular formula is C15H19F2N3. The summed E-state index contributed by atoms with van der Waals surface area (Å²) in [5, 5.41) is 7.34. The minimum Gasteiger partial charge on any atom is -0.374 e. The summed E-state index contributed by atoms with van der Waals surface area (Å²) >= 11 is 0. The van der Waals surface area contributed by atoms with Crippen LogP contribution in [0.5, 0.6) is 0 Å². The maximum atomic E-state index is 13.7. The molecule has 1 aromatic heterocycles. The standard InChI is InChI=1S/C15H19F2N3/c1-5-20-11(4)14(10(3)19-20)9(2)18-15-12(16)7-6-8-13(15)17/h6-9,18H,5H2,1-4H3. The van der Waals surface area contributed by atoms with Gasteiger partial charge in [0.2, 0.25) is 0 Å². The zero-order valence-corrected chi connectivity index (χ0v) is 12.2. The van der Waals surface area contributed by atoms with E-state index in [1.165, 1.54) is 18.2 Å². The van der Waals surface area contributed by atoms with Crippen LogP contribution in [0, 0.1) is 25.5 Å². The second-order valence-electron chi connectivity index (χ2n) is 4.86. The predicted molar refractivity (Wildman–Crippen MR) is 75.8 cm³/mol. The molecule has 0 saturated carbocycles. The van der Waals surface area contributed by atoms with Gasteiger partial charge in [0.25, 0.3) is 0 Å². The molecule has 2 rings (SSSR count). The lowest BCUT2D eigenvalue weighted by Gasteiger charge is -2.17. The molecule has 0 aliphatic carbocycles. The number of anilines is 1. The van der Waals surface area contributed by atoms with E-state index in [1.54, 1.807) is 0 Å². The molecule has 108 valence electrons. The monoisotopic (exact) mass is 279 g/mol. The fourth-order valence-electron chi connectivity index (χ4n) is 2.57. The summed E-state index contributed by atoms with van der Waals surface area (Å²) in [7, 11) is 0. The Kier molecular flexibility index (Phi) is 4.06. The fraction of sp³-hybridized carbons (Fsp3) is 0.400. The molecule has 1 heterocycles. The van der Waals surface area contributed by atoms with Crippen molar-refractivity contribution in [2.75, 3.05) is 5.32 Å². The van der Waals surface area contributed by atoms with Crippen molar-refractivity contribution in [2.24, 2.45) is 0 Å². The lowest BCUT2D eigenvalue weighted by Crippen LogP contribution is -2.11. The Morgan fingerprint density at radius 2 is 1.85 bits per heavy atom. The number of benzene rings is 1. The van der Waals surface area contributed by atoms with Crippen molar-refractivity contribution in [3.63, 3.8) is 0 Å². The molecule has 0 amide bonds. The van der Waals surface area contributed by atoms with Crippen LogP contribution < -0.4 is 5.32 Å². The average Bonchev–Trinajstić information content (AvgIpc) is 2.68. The van der Waals surface area contributed by atoms with Crippen LogP contribution in [-0.2, 0) is 6.54 Å². The predicted octanol–water partition coefficient (Wildman–Crippen LogP) is 3.97. The van der Waals surface area contributed by atoms with Crippen LogP contribution in [0.1, 0.15) is 36.8 Å². The van der Waals surface area contributed by atoms with E-state index in [0.717, 1.165) is 23.5 Å². The second kappa shape index (κ2) is 5.61. The lowest BCUT2D eigenvalue weighted by atomic mass is 10.1. The molecule has 20 heavy (non-hydrogen) atoms. The summed E-state index contributed by atoms with van der Waals surface area (Å²) in [6.07, 6.45) is 0. The molecule has 5 heteroatoms. The summed E-state index contributed by atoms with van der Waals surface area (Å²) < 4.78 is 29.2. The van der Waals surface area contributed by atoms with Crippen molar-refractivity contribution in [1.82, 2.24) is 9.78 Å². The van der Waals surface area contributed by atoms with Gasteiger partial charge in [-0.15, -0.1) is 0 Å². The Labute approximate surface area is 117 Å². The number of hydrogen-bond acceptors (Lipinski definition) is 2. The topological polar surface area (TPSA) is 29.9 Å². The maximum Gasteiger partial charge on any atom is 0.149 e. The fourth-order valence-corrected chi connectivity index (χ4v) is 2.57. The van der Waals surface area contributed by atoms with Crippen LogP contribution in [0.2, 0.25) is 0 Å². The Morgan fingerprint density at radius 3 is 2.35 bits per heavy atom. The molecule has 0 aliphatic heterocycles. The van der Waals surface area contributed by atoms with Gasteiger partial charge in [0.1, 0.15) is 17.3 Å². The van der Waals surface area contributed by atoms with Crippen molar-refractivity contribution in [3.8, 4) is 0 Å². The Bertz CT molecular complexity index is 600. The van der Waals surface area contributed by atoms with Crippen molar-refractivity contribution in [1.29, 1.82) is 0 Å². The van der Waals surface area contributed by atoms with Gasteiger partial charge in [-0.05, 0) is 39.8 Å². The molecular weight excluding hydrogens is 260 g/mol. The highest BCUT2D eigenvalue weighted by atomic mass is 19.1. The van der Waals surface area contributed by atoms with Gasteiger partial charge in [0.05, 0.1) is 11.7 Å². The van der Waals surface area contributed by atoms with Crippen LogP contribution in [0.3, 0.4) is 0 Å². The third kappa shape index (κ3) is 2.53. The Morgan fingerprint density at radius 1 is 1.25 bits per heavy atom. The van der Waals surface area contributed by atoms with Crippen molar-refractivity contribution in [3.05, 3.63) is 46.8 Å².